The molecule has 0 saturated carbocycles. The van der Waals surface area contributed by atoms with Gasteiger partial charge in [-0.15, -0.1) is 0 Å². The molecule has 0 spiro atoms. The number of hydrogen-bond acceptors (Lipinski definition) is 2. The summed E-state index contributed by atoms with van der Waals surface area (Å²) in [6, 6.07) is 7.22. The molecule has 1 amide bonds. The number of carbonyl (C=O) groups is 1. The van der Waals surface area contributed by atoms with Crippen LogP contribution in [0.15, 0.2) is 30.3 Å². The van der Waals surface area contributed by atoms with E-state index in [-0.39, 0.29) is 18.6 Å². The van der Waals surface area contributed by atoms with Crippen molar-refractivity contribution in [3.63, 3.8) is 0 Å². The Bertz CT molecular complexity index is 404. The van der Waals surface area contributed by atoms with Gasteiger partial charge < -0.3 is 10.4 Å². The normalized spacial score (nSPS) is 12.6. The van der Waals surface area contributed by atoms with Gasteiger partial charge in [0.05, 0.1) is 0 Å². The van der Waals surface area contributed by atoms with Crippen LogP contribution in [0.5, 0.6) is 0 Å². The van der Waals surface area contributed by atoms with Crippen LogP contribution < -0.4 is 5.32 Å². The molecule has 0 aliphatic carbocycles. The van der Waals surface area contributed by atoms with Crippen LogP contribution in [-0.2, 0) is 4.79 Å². The van der Waals surface area contributed by atoms with Crippen molar-refractivity contribution < 1.29 is 9.90 Å². The van der Waals surface area contributed by atoms with Crippen molar-refractivity contribution in [2.45, 2.75) is 19.4 Å². The second-order valence-corrected chi connectivity index (χ2v) is 4.25. The Morgan fingerprint density at radius 2 is 2.35 bits per heavy atom. The Morgan fingerprint density at radius 1 is 1.59 bits per heavy atom. The van der Waals surface area contributed by atoms with Gasteiger partial charge in [-0.1, -0.05) is 23.7 Å². The summed E-state index contributed by atoms with van der Waals surface area (Å²) in [5.41, 5.74) is 0.877. The largest absolute Gasteiger partial charge is 0.396 e. The number of amides is 1. The number of aliphatic hydroxyl groups is 1. The first-order chi connectivity index (χ1) is 8.11. The Hall–Kier alpha value is -1.32. The molecule has 0 saturated heterocycles. The zero-order chi connectivity index (χ0) is 12.7. The second kappa shape index (κ2) is 7.09. The van der Waals surface area contributed by atoms with Crippen molar-refractivity contribution in [3.05, 3.63) is 40.9 Å². The van der Waals surface area contributed by atoms with Gasteiger partial charge >= 0.3 is 0 Å². The van der Waals surface area contributed by atoms with Gasteiger partial charge in [-0.2, -0.15) is 0 Å². The highest BCUT2D eigenvalue weighted by molar-refractivity contribution is 6.30. The van der Waals surface area contributed by atoms with E-state index in [1.807, 2.05) is 19.1 Å². The van der Waals surface area contributed by atoms with Gasteiger partial charge in [0.1, 0.15) is 0 Å². The maximum Gasteiger partial charge on any atom is 0.244 e. The summed E-state index contributed by atoms with van der Waals surface area (Å²) in [4.78, 5) is 11.5. The lowest BCUT2D eigenvalue weighted by atomic mass is 10.2. The molecule has 17 heavy (non-hydrogen) atoms. The maximum absolute atomic E-state index is 11.5. The number of benzene rings is 1. The van der Waals surface area contributed by atoms with Gasteiger partial charge in [0.25, 0.3) is 0 Å². The summed E-state index contributed by atoms with van der Waals surface area (Å²) < 4.78 is 0. The Labute approximate surface area is 106 Å². The van der Waals surface area contributed by atoms with E-state index >= 15 is 0 Å². The van der Waals surface area contributed by atoms with Crippen LogP contribution in [0.2, 0.25) is 5.02 Å². The number of aliphatic hydroxyl groups excluding tert-OH is 1. The van der Waals surface area contributed by atoms with E-state index in [1.54, 1.807) is 18.2 Å². The molecule has 2 N–H and O–H groups in total. The fourth-order valence-electron chi connectivity index (χ4n) is 1.34. The van der Waals surface area contributed by atoms with Gasteiger partial charge in [-0.25, -0.2) is 0 Å². The zero-order valence-corrected chi connectivity index (χ0v) is 10.4. The lowest BCUT2D eigenvalue weighted by Gasteiger charge is -2.09. The topological polar surface area (TPSA) is 49.3 Å². The number of halogens is 1. The molecule has 1 unspecified atom stereocenters. The molecule has 0 aliphatic heterocycles. The average molecular weight is 254 g/mol. The first-order valence-corrected chi connectivity index (χ1v) is 5.84. The molecule has 0 aromatic heterocycles. The summed E-state index contributed by atoms with van der Waals surface area (Å²) in [5.74, 6) is -0.175. The first kappa shape index (κ1) is 13.7. The smallest absolute Gasteiger partial charge is 0.244 e. The fourth-order valence-corrected chi connectivity index (χ4v) is 1.54. The van der Waals surface area contributed by atoms with Gasteiger partial charge in [0, 0.05) is 23.7 Å². The minimum atomic E-state index is -0.175. The highest BCUT2D eigenvalue weighted by Gasteiger charge is 2.02. The summed E-state index contributed by atoms with van der Waals surface area (Å²) in [5, 5.41) is 12.1. The zero-order valence-electron chi connectivity index (χ0n) is 9.69. The molecule has 1 rings (SSSR count). The van der Waals surface area contributed by atoms with E-state index in [0.717, 1.165) is 5.56 Å². The summed E-state index contributed by atoms with van der Waals surface area (Å²) >= 11 is 5.82. The Kier molecular flexibility index (Phi) is 5.73. The molecule has 0 heterocycles. The van der Waals surface area contributed by atoms with Crippen LogP contribution in [0.1, 0.15) is 18.9 Å². The fraction of sp³-hybridized carbons (Fsp3) is 0.308. The van der Waals surface area contributed by atoms with Crippen molar-refractivity contribution in [2.24, 2.45) is 0 Å². The summed E-state index contributed by atoms with van der Waals surface area (Å²) in [7, 11) is 0. The monoisotopic (exact) mass is 253 g/mol. The van der Waals surface area contributed by atoms with E-state index in [4.69, 9.17) is 16.7 Å². The van der Waals surface area contributed by atoms with Gasteiger partial charge in [0.2, 0.25) is 5.91 Å². The molecule has 0 bridgehead atoms. The highest BCUT2D eigenvalue weighted by Crippen LogP contribution is 2.11. The lowest BCUT2D eigenvalue weighted by molar-refractivity contribution is -0.117. The Morgan fingerprint density at radius 3 is 3.00 bits per heavy atom. The first-order valence-electron chi connectivity index (χ1n) is 5.47. The van der Waals surface area contributed by atoms with Crippen LogP contribution >= 0.6 is 11.6 Å². The molecular formula is C13H16ClNO2. The standard InChI is InChI=1S/C13H16ClNO2/c1-10(7-8-16)15-13(17)6-5-11-3-2-4-12(14)9-11/h2-6,9-10,16H,7-8H2,1H3,(H,15,17)/b6-5+. The number of rotatable bonds is 5. The van der Waals surface area contributed by atoms with Crippen molar-refractivity contribution >= 4 is 23.6 Å². The predicted molar refractivity (Wildman–Crippen MR) is 69.8 cm³/mol. The molecule has 1 atom stereocenters. The highest BCUT2D eigenvalue weighted by atomic mass is 35.5. The molecule has 0 radical (unpaired) electrons. The van der Waals surface area contributed by atoms with E-state index < -0.39 is 0 Å². The van der Waals surface area contributed by atoms with E-state index in [1.165, 1.54) is 6.08 Å². The van der Waals surface area contributed by atoms with Crippen molar-refractivity contribution in [2.75, 3.05) is 6.61 Å². The number of nitrogens with one attached hydrogen (secondary N) is 1. The molecule has 0 fully saturated rings. The van der Waals surface area contributed by atoms with E-state index in [9.17, 15) is 4.79 Å². The molecule has 0 aliphatic rings. The minimum absolute atomic E-state index is 0.0310. The number of carbonyl (C=O) groups excluding carboxylic acids is 1. The molecule has 1 aromatic rings. The quantitative estimate of drug-likeness (QED) is 0.791. The molecular weight excluding hydrogens is 238 g/mol. The average Bonchev–Trinajstić information content (AvgIpc) is 2.27. The summed E-state index contributed by atoms with van der Waals surface area (Å²) in [6.45, 7) is 1.92. The third-order valence-corrected chi connectivity index (χ3v) is 2.46. The molecule has 3 nitrogen and oxygen atoms in total. The van der Waals surface area contributed by atoms with Crippen LogP contribution in [0, 0.1) is 0 Å². The second-order valence-electron chi connectivity index (χ2n) is 3.81. The third kappa shape index (κ3) is 5.52. The van der Waals surface area contributed by atoms with E-state index in [2.05, 4.69) is 5.32 Å². The SMILES string of the molecule is CC(CCO)NC(=O)/C=C/c1cccc(Cl)c1. The lowest BCUT2D eigenvalue weighted by Crippen LogP contribution is -2.31. The molecule has 4 heteroatoms. The van der Waals surface area contributed by atoms with Crippen LogP contribution in [0.3, 0.4) is 0 Å². The van der Waals surface area contributed by atoms with Gasteiger partial charge in [-0.05, 0) is 37.1 Å². The predicted octanol–water partition coefficient (Wildman–Crippen LogP) is 2.24. The van der Waals surface area contributed by atoms with Crippen LogP contribution in [-0.4, -0.2) is 23.7 Å². The molecule has 92 valence electrons. The Balaban J connectivity index is 2.51. The maximum atomic E-state index is 11.5. The van der Waals surface area contributed by atoms with Gasteiger partial charge in [-0.3, -0.25) is 4.79 Å². The van der Waals surface area contributed by atoms with Crippen LogP contribution in [0.4, 0.5) is 0 Å². The van der Waals surface area contributed by atoms with Crippen molar-refractivity contribution in [1.29, 1.82) is 0 Å². The van der Waals surface area contributed by atoms with Crippen molar-refractivity contribution in [1.82, 2.24) is 5.32 Å². The number of hydrogen-bond donors (Lipinski definition) is 2. The third-order valence-electron chi connectivity index (χ3n) is 2.23. The van der Waals surface area contributed by atoms with E-state index in [0.29, 0.717) is 11.4 Å². The van der Waals surface area contributed by atoms with Crippen LogP contribution in [0.25, 0.3) is 6.08 Å². The minimum Gasteiger partial charge on any atom is -0.396 e. The molecule has 1 aromatic carbocycles. The van der Waals surface area contributed by atoms with Crippen molar-refractivity contribution in [3.8, 4) is 0 Å². The summed E-state index contributed by atoms with van der Waals surface area (Å²) in [6.07, 6.45) is 3.71. The van der Waals surface area contributed by atoms with Gasteiger partial charge in [0.15, 0.2) is 0 Å².